The third kappa shape index (κ3) is 4.24. The summed E-state index contributed by atoms with van der Waals surface area (Å²) in [6, 6.07) is 5.30. The molecular weight excluding hydrogens is 376 g/mol. The van der Waals surface area contributed by atoms with Gasteiger partial charge in [-0.3, -0.25) is 9.36 Å². The van der Waals surface area contributed by atoms with Crippen LogP contribution >= 0.6 is 23.1 Å². The molecule has 0 radical (unpaired) electrons. The first-order valence-corrected chi connectivity index (χ1v) is 11.9. The summed E-state index contributed by atoms with van der Waals surface area (Å²) in [5.41, 5.74) is 0. The van der Waals surface area contributed by atoms with Crippen LogP contribution in [0.3, 0.4) is 0 Å². The number of carbonyl (C=O) groups is 1. The second-order valence-electron chi connectivity index (χ2n) is 7.86. The van der Waals surface area contributed by atoms with E-state index in [4.69, 9.17) is 0 Å². The SMILES string of the molecule is CC(C)N(C(=O)CSc1nnc(-c2cccs2)n1C1CC1)C1CCCCC1. The first-order chi connectivity index (χ1) is 13.1. The van der Waals surface area contributed by atoms with E-state index in [1.165, 1.54) is 32.1 Å². The van der Waals surface area contributed by atoms with E-state index < -0.39 is 0 Å². The highest BCUT2D eigenvalue weighted by atomic mass is 32.2. The van der Waals surface area contributed by atoms with Crippen LogP contribution in [0.15, 0.2) is 22.7 Å². The highest BCUT2D eigenvalue weighted by molar-refractivity contribution is 7.99. The number of hydrogen-bond acceptors (Lipinski definition) is 5. The van der Waals surface area contributed by atoms with Gasteiger partial charge in [0.2, 0.25) is 5.91 Å². The Hall–Kier alpha value is -1.34. The number of thioether (sulfide) groups is 1. The van der Waals surface area contributed by atoms with Crippen LogP contribution < -0.4 is 0 Å². The molecule has 0 unspecified atom stereocenters. The third-order valence-electron chi connectivity index (χ3n) is 5.46. The maximum absolute atomic E-state index is 13.0. The summed E-state index contributed by atoms with van der Waals surface area (Å²) >= 11 is 3.25. The molecule has 4 rings (SSSR count). The lowest BCUT2D eigenvalue weighted by Gasteiger charge is -2.37. The van der Waals surface area contributed by atoms with Gasteiger partial charge in [0.15, 0.2) is 11.0 Å². The van der Waals surface area contributed by atoms with Crippen molar-refractivity contribution >= 4 is 29.0 Å². The number of rotatable bonds is 7. The molecule has 146 valence electrons. The molecule has 0 N–H and O–H groups in total. The van der Waals surface area contributed by atoms with Gasteiger partial charge < -0.3 is 4.90 Å². The molecule has 0 saturated heterocycles. The highest BCUT2D eigenvalue weighted by Gasteiger charge is 2.32. The van der Waals surface area contributed by atoms with Gasteiger partial charge in [-0.1, -0.05) is 37.1 Å². The third-order valence-corrected chi connectivity index (χ3v) is 7.25. The zero-order valence-electron chi connectivity index (χ0n) is 16.1. The molecule has 2 aromatic heterocycles. The minimum absolute atomic E-state index is 0.241. The quantitative estimate of drug-likeness (QED) is 0.609. The fourth-order valence-corrected chi connectivity index (χ4v) is 5.66. The van der Waals surface area contributed by atoms with E-state index >= 15 is 0 Å². The van der Waals surface area contributed by atoms with Crippen LogP contribution in [0.2, 0.25) is 0 Å². The summed E-state index contributed by atoms with van der Waals surface area (Å²) in [6.45, 7) is 4.28. The summed E-state index contributed by atoms with van der Waals surface area (Å²) in [5, 5.41) is 11.8. The van der Waals surface area contributed by atoms with Crippen molar-refractivity contribution in [2.75, 3.05) is 5.75 Å². The van der Waals surface area contributed by atoms with Crippen molar-refractivity contribution in [3.63, 3.8) is 0 Å². The van der Waals surface area contributed by atoms with E-state index in [2.05, 4.69) is 45.0 Å². The first-order valence-electron chi connectivity index (χ1n) is 10.1. The van der Waals surface area contributed by atoms with Crippen molar-refractivity contribution in [2.24, 2.45) is 0 Å². The molecular formula is C20H28N4OS2. The van der Waals surface area contributed by atoms with Crippen LogP contribution in [0.25, 0.3) is 10.7 Å². The predicted octanol–water partition coefficient (Wildman–Crippen LogP) is 5.00. The van der Waals surface area contributed by atoms with E-state index in [9.17, 15) is 4.79 Å². The number of carbonyl (C=O) groups excluding carboxylic acids is 1. The van der Waals surface area contributed by atoms with Crippen LogP contribution in [0, 0.1) is 0 Å². The van der Waals surface area contributed by atoms with Crippen molar-refractivity contribution in [1.29, 1.82) is 0 Å². The van der Waals surface area contributed by atoms with Gasteiger partial charge in [-0.25, -0.2) is 0 Å². The number of aromatic nitrogens is 3. The summed E-state index contributed by atoms with van der Waals surface area (Å²) in [6.07, 6.45) is 8.45. The topological polar surface area (TPSA) is 51.0 Å². The maximum Gasteiger partial charge on any atom is 0.233 e. The van der Waals surface area contributed by atoms with E-state index in [1.54, 1.807) is 23.1 Å². The molecule has 2 aromatic rings. The van der Waals surface area contributed by atoms with Gasteiger partial charge in [0.05, 0.1) is 10.6 Å². The molecule has 2 aliphatic rings. The standard InChI is InChI=1S/C20H28N4OS2/c1-14(2)23(15-7-4-3-5-8-15)18(25)13-27-20-22-21-19(17-9-6-12-26-17)24(20)16-10-11-16/h6,9,12,14-16H,3-5,7-8,10-11,13H2,1-2H3. The summed E-state index contributed by atoms with van der Waals surface area (Å²) < 4.78 is 2.25. The minimum Gasteiger partial charge on any atom is -0.337 e. The Kier molecular flexibility index (Phi) is 5.88. The first kappa shape index (κ1) is 19.0. The van der Waals surface area contributed by atoms with Crippen molar-refractivity contribution in [1.82, 2.24) is 19.7 Å². The van der Waals surface area contributed by atoms with Crippen molar-refractivity contribution in [2.45, 2.75) is 82.1 Å². The van der Waals surface area contributed by atoms with Crippen LogP contribution in [0.1, 0.15) is 64.8 Å². The number of thiophene rings is 1. The van der Waals surface area contributed by atoms with Gasteiger partial charge >= 0.3 is 0 Å². The zero-order chi connectivity index (χ0) is 18.8. The van der Waals surface area contributed by atoms with Crippen LogP contribution in [-0.4, -0.2) is 43.4 Å². The number of amides is 1. The molecule has 0 spiro atoms. The fourth-order valence-electron chi connectivity index (χ4n) is 4.08. The second kappa shape index (κ2) is 8.35. The average molecular weight is 405 g/mol. The molecule has 1 amide bonds. The Morgan fingerprint density at radius 3 is 2.67 bits per heavy atom. The Morgan fingerprint density at radius 1 is 1.26 bits per heavy atom. The fraction of sp³-hybridized carbons (Fsp3) is 0.650. The molecule has 2 saturated carbocycles. The van der Waals surface area contributed by atoms with E-state index in [0.29, 0.717) is 17.8 Å². The van der Waals surface area contributed by atoms with E-state index in [0.717, 1.165) is 28.7 Å². The van der Waals surface area contributed by atoms with Gasteiger partial charge in [0.1, 0.15) is 0 Å². The van der Waals surface area contributed by atoms with Crippen LogP contribution in [0.5, 0.6) is 0 Å². The Labute approximate surface area is 169 Å². The lowest BCUT2D eigenvalue weighted by molar-refractivity contribution is -0.133. The Bertz CT molecular complexity index is 761. The van der Waals surface area contributed by atoms with Crippen LogP contribution in [-0.2, 0) is 4.79 Å². The summed E-state index contributed by atoms with van der Waals surface area (Å²) in [7, 11) is 0. The normalized spacial score (nSPS) is 18.2. The Balaban J connectivity index is 1.47. The Morgan fingerprint density at radius 2 is 2.04 bits per heavy atom. The molecule has 0 atom stereocenters. The number of nitrogens with zero attached hydrogens (tertiary/aromatic N) is 4. The number of hydrogen-bond donors (Lipinski definition) is 0. The monoisotopic (exact) mass is 404 g/mol. The van der Waals surface area contributed by atoms with Gasteiger partial charge in [0, 0.05) is 18.1 Å². The minimum atomic E-state index is 0.241. The molecule has 5 nitrogen and oxygen atoms in total. The molecule has 0 bridgehead atoms. The van der Waals surface area contributed by atoms with Gasteiger partial charge in [-0.2, -0.15) is 0 Å². The molecule has 7 heteroatoms. The zero-order valence-corrected chi connectivity index (χ0v) is 17.8. The van der Waals surface area contributed by atoms with Crippen molar-refractivity contribution in [3.05, 3.63) is 17.5 Å². The van der Waals surface area contributed by atoms with Gasteiger partial charge in [-0.15, -0.1) is 21.5 Å². The molecule has 2 heterocycles. The van der Waals surface area contributed by atoms with E-state index in [1.807, 2.05) is 6.07 Å². The summed E-state index contributed by atoms with van der Waals surface area (Å²) in [4.78, 5) is 16.3. The lowest BCUT2D eigenvalue weighted by atomic mass is 9.93. The van der Waals surface area contributed by atoms with Gasteiger partial charge in [-0.05, 0) is 51.0 Å². The molecule has 27 heavy (non-hydrogen) atoms. The predicted molar refractivity (Wildman–Crippen MR) is 111 cm³/mol. The molecule has 2 fully saturated rings. The maximum atomic E-state index is 13.0. The van der Waals surface area contributed by atoms with Crippen molar-refractivity contribution in [3.8, 4) is 10.7 Å². The largest absolute Gasteiger partial charge is 0.337 e. The molecule has 0 aromatic carbocycles. The van der Waals surface area contributed by atoms with Crippen LogP contribution in [0.4, 0.5) is 0 Å². The highest BCUT2D eigenvalue weighted by Crippen LogP contribution is 2.41. The van der Waals surface area contributed by atoms with E-state index in [-0.39, 0.29) is 11.9 Å². The lowest BCUT2D eigenvalue weighted by Crippen LogP contribution is -2.46. The molecule has 2 aliphatic carbocycles. The van der Waals surface area contributed by atoms with Gasteiger partial charge in [0.25, 0.3) is 0 Å². The molecule has 0 aliphatic heterocycles. The smallest absolute Gasteiger partial charge is 0.233 e. The van der Waals surface area contributed by atoms with Crippen molar-refractivity contribution < 1.29 is 4.79 Å². The average Bonchev–Trinajstić information content (AvgIpc) is 3.18. The summed E-state index contributed by atoms with van der Waals surface area (Å²) in [5.74, 6) is 1.64. The second-order valence-corrected chi connectivity index (χ2v) is 9.75.